The van der Waals surface area contributed by atoms with E-state index >= 15 is 0 Å². The summed E-state index contributed by atoms with van der Waals surface area (Å²) in [7, 11) is 1.69. The van der Waals surface area contributed by atoms with Gasteiger partial charge >= 0.3 is 0 Å². The highest BCUT2D eigenvalue weighted by atomic mass is 16.5. The average molecular weight is 321 g/mol. The number of hydrogen-bond donors (Lipinski definition) is 2. The van der Waals surface area contributed by atoms with Crippen LogP contribution in [0, 0.1) is 0 Å². The van der Waals surface area contributed by atoms with Crippen LogP contribution in [0.1, 0.15) is 12.5 Å². The molecule has 0 aliphatic carbocycles. The number of rotatable bonds is 7. The van der Waals surface area contributed by atoms with Crippen molar-refractivity contribution in [1.29, 1.82) is 0 Å². The van der Waals surface area contributed by atoms with Crippen LogP contribution in [0.5, 0.6) is 0 Å². The Morgan fingerprint density at radius 1 is 1.39 bits per heavy atom. The second kappa shape index (κ2) is 10.0. The summed E-state index contributed by atoms with van der Waals surface area (Å²) in [6.45, 7) is 8.18. The van der Waals surface area contributed by atoms with E-state index in [0.717, 1.165) is 56.7 Å². The van der Waals surface area contributed by atoms with Crippen LogP contribution in [0.2, 0.25) is 0 Å². The van der Waals surface area contributed by atoms with Gasteiger partial charge in [0.1, 0.15) is 5.82 Å². The molecule has 0 bridgehead atoms. The number of hydrogen-bond acceptors (Lipinski definition) is 5. The van der Waals surface area contributed by atoms with Crippen molar-refractivity contribution in [3.63, 3.8) is 0 Å². The molecule has 2 N–H and O–H groups in total. The fourth-order valence-electron chi connectivity index (χ4n) is 2.31. The molecule has 23 heavy (non-hydrogen) atoms. The van der Waals surface area contributed by atoms with Gasteiger partial charge in [-0.2, -0.15) is 0 Å². The Morgan fingerprint density at radius 3 is 2.96 bits per heavy atom. The number of pyridine rings is 1. The second-order valence-corrected chi connectivity index (χ2v) is 5.24. The molecule has 128 valence electrons. The molecule has 1 aromatic rings. The van der Waals surface area contributed by atoms with Gasteiger partial charge < -0.3 is 25.0 Å². The van der Waals surface area contributed by atoms with E-state index in [1.165, 1.54) is 0 Å². The van der Waals surface area contributed by atoms with Gasteiger partial charge in [-0.25, -0.2) is 9.98 Å². The quantitative estimate of drug-likeness (QED) is 0.436. The summed E-state index contributed by atoms with van der Waals surface area (Å²) in [6, 6.07) is 4.11. The Morgan fingerprint density at radius 2 is 2.22 bits per heavy atom. The lowest BCUT2D eigenvalue weighted by molar-refractivity contribution is 0.122. The normalized spacial score (nSPS) is 15.6. The van der Waals surface area contributed by atoms with Gasteiger partial charge in [-0.3, -0.25) is 0 Å². The van der Waals surface area contributed by atoms with Crippen LogP contribution in [0.15, 0.2) is 23.3 Å². The van der Waals surface area contributed by atoms with E-state index in [2.05, 4.69) is 38.5 Å². The Hall–Kier alpha value is -1.86. The van der Waals surface area contributed by atoms with Crippen molar-refractivity contribution in [3.8, 4) is 0 Å². The van der Waals surface area contributed by atoms with Crippen molar-refractivity contribution in [2.45, 2.75) is 13.5 Å². The molecule has 0 amide bonds. The minimum Gasteiger partial charge on any atom is -0.383 e. The van der Waals surface area contributed by atoms with Gasteiger partial charge in [0.2, 0.25) is 0 Å². The van der Waals surface area contributed by atoms with Gasteiger partial charge in [0.15, 0.2) is 5.96 Å². The molecule has 7 nitrogen and oxygen atoms in total. The van der Waals surface area contributed by atoms with E-state index in [1.807, 2.05) is 12.3 Å². The molecular formula is C16H27N5O2. The van der Waals surface area contributed by atoms with E-state index in [-0.39, 0.29) is 0 Å². The third-order valence-corrected chi connectivity index (χ3v) is 3.51. The van der Waals surface area contributed by atoms with Gasteiger partial charge in [0.25, 0.3) is 0 Å². The third kappa shape index (κ3) is 6.03. The van der Waals surface area contributed by atoms with Gasteiger partial charge in [0.05, 0.1) is 26.4 Å². The maximum Gasteiger partial charge on any atom is 0.191 e. The fraction of sp³-hybridized carbons (Fsp3) is 0.625. The van der Waals surface area contributed by atoms with Crippen molar-refractivity contribution < 1.29 is 9.47 Å². The Bertz CT molecular complexity index is 489. The molecule has 2 heterocycles. The molecule has 1 aliphatic rings. The molecule has 1 aromatic heterocycles. The van der Waals surface area contributed by atoms with Crippen molar-refractivity contribution >= 4 is 11.8 Å². The molecule has 0 spiro atoms. The van der Waals surface area contributed by atoms with E-state index in [9.17, 15) is 0 Å². The van der Waals surface area contributed by atoms with Gasteiger partial charge in [-0.15, -0.1) is 0 Å². The molecule has 2 rings (SSSR count). The molecule has 0 radical (unpaired) electrons. The summed E-state index contributed by atoms with van der Waals surface area (Å²) in [5.41, 5.74) is 1.14. The molecule has 0 unspecified atom stereocenters. The van der Waals surface area contributed by atoms with Crippen LogP contribution < -0.4 is 15.5 Å². The number of ether oxygens (including phenoxy) is 2. The first-order chi connectivity index (χ1) is 11.3. The number of aromatic nitrogens is 1. The van der Waals surface area contributed by atoms with Crippen molar-refractivity contribution in [2.75, 3.05) is 58.0 Å². The highest BCUT2D eigenvalue weighted by molar-refractivity contribution is 5.79. The number of aliphatic imine (C=N–C) groups is 1. The molecule has 0 atom stereocenters. The van der Waals surface area contributed by atoms with Gasteiger partial charge in [-0.05, 0) is 24.6 Å². The molecule has 0 saturated carbocycles. The summed E-state index contributed by atoms with van der Waals surface area (Å²) < 4.78 is 10.4. The highest BCUT2D eigenvalue weighted by Crippen LogP contribution is 2.14. The van der Waals surface area contributed by atoms with E-state index < -0.39 is 0 Å². The van der Waals surface area contributed by atoms with E-state index in [4.69, 9.17) is 9.47 Å². The molecule has 0 aromatic carbocycles. The fourth-order valence-corrected chi connectivity index (χ4v) is 2.31. The first kappa shape index (κ1) is 17.5. The maximum atomic E-state index is 5.39. The Kier molecular flexibility index (Phi) is 7.62. The van der Waals surface area contributed by atoms with Crippen LogP contribution >= 0.6 is 0 Å². The van der Waals surface area contributed by atoms with Crippen LogP contribution in [-0.4, -0.2) is 64.1 Å². The summed E-state index contributed by atoms with van der Waals surface area (Å²) in [5, 5.41) is 6.47. The summed E-state index contributed by atoms with van der Waals surface area (Å²) >= 11 is 0. The number of guanidine groups is 1. The standard InChI is InChI=1S/C16H27N5O2/c1-3-17-16(19-6-9-22-2)20-13-14-4-5-18-15(12-14)21-7-10-23-11-8-21/h4-5,12H,3,6-11,13H2,1-2H3,(H2,17,19,20). The monoisotopic (exact) mass is 321 g/mol. The maximum absolute atomic E-state index is 5.39. The highest BCUT2D eigenvalue weighted by Gasteiger charge is 2.12. The number of morpholine rings is 1. The minimum atomic E-state index is 0.613. The predicted molar refractivity (Wildman–Crippen MR) is 92.0 cm³/mol. The average Bonchev–Trinajstić information content (AvgIpc) is 2.61. The zero-order valence-electron chi connectivity index (χ0n) is 14.0. The third-order valence-electron chi connectivity index (χ3n) is 3.51. The van der Waals surface area contributed by atoms with E-state index in [1.54, 1.807) is 7.11 Å². The molecule has 1 aliphatic heterocycles. The topological polar surface area (TPSA) is 71.0 Å². The minimum absolute atomic E-state index is 0.613. The first-order valence-electron chi connectivity index (χ1n) is 8.12. The smallest absolute Gasteiger partial charge is 0.191 e. The molecular weight excluding hydrogens is 294 g/mol. The van der Waals surface area contributed by atoms with Gasteiger partial charge in [0, 0.05) is 39.5 Å². The van der Waals surface area contributed by atoms with Crippen LogP contribution in [0.4, 0.5) is 5.82 Å². The first-order valence-corrected chi connectivity index (χ1v) is 8.12. The number of nitrogens with one attached hydrogen (secondary N) is 2. The molecule has 1 fully saturated rings. The van der Waals surface area contributed by atoms with Crippen molar-refractivity contribution in [2.24, 2.45) is 4.99 Å². The molecule has 1 saturated heterocycles. The lowest BCUT2D eigenvalue weighted by Crippen LogP contribution is -2.38. The summed E-state index contributed by atoms with van der Waals surface area (Å²) in [4.78, 5) is 11.3. The lowest BCUT2D eigenvalue weighted by atomic mass is 10.2. The Balaban J connectivity index is 1.95. The van der Waals surface area contributed by atoms with Crippen molar-refractivity contribution in [1.82, 2.24) is 15.6 Å². The number of methoxy groups -OCH3 is 1. The van der Waals surface area contributed by atoms with E-state index in [0.29, 0.717) is 13.2 Å². The van der Waals surface area contributed by atoms with Crippen molar-refractivity contribution in [3.05, 3.63) is 23.9 Å². The van der Waals surface area contributed by atoms with Crippen LogP contribution in [0.3, 0.4) is 0 Å². The SMILES string of the molecule is CCNC(=NCc1ccnc(N2CCOCC2)c1)NCCOC. The van der Waals surface area contributed by atoms with Crippen LogP contribution in [0.25, 0.3) is 0 Å². The number of nitrogens with zero attached hydrogens (tertiary/aromatic N) is 3. The van der Waals surface area contributed by atoms with Crippen LogP contribution in [-0.2, 0) is 16.0 Å². The zero-order valence-corrected chi connectivity index (χ0v) is 14.0. The summed E-state index contributed by atoms with van der Waals surface area (Å²) in [5.74, 6) is 1.80. The largest absolute Gasteiger partial charge is 0.383 e. The molecule has 7 heteroatoms. The number of anilines is 1. The zero-order chi connectivity index (χ0) is 16.3. The summed E-state index contributed by atoms with van der Waals surface area (Å²) in [6.07, 6.45) is 1.85. The Labute approximate surface area is 138 Å². The second-order valence-electron chi connectivity index (χ2n) is 5.24. The van der Waals surface area contributed by atoms with Gasteiger partial charge in [-0.1, -0.05) is 0 Å². The lowest BCUT2D eigenvalue weighted by Gasteiger charge is -2.27. The predicted octanol–water partition coefficient (Wildman–Crippen LogP) is 0.620.